The Bertz CT molecular complexity index is 1320. The van der Waals surface area contributed by atoms with Gasteiger partial charge in [-0.3, -0.25) is 4.68 Å². The van der Waals surface area contributed by atoms with E-state index in [1.807, 2.05) is 0 Å². The Morgan fingerprint density at radius 2 is 1.97 bits per heavy atom. The lowest BCUT2D eigenvalue weighted by molar-refractivity contribution is -0.141. The van der Waals surface area contributed by atoms with Gasteiger partial charge in [-0.15, -0.1) is 5.10 Å². The molecule has 2 N–H and O–H groups in total. The number of hydrogen-bond acceptors (Lipinski definition) is 7. The Hall–Kier alpha value is -4.35. The molecule has 3 heterocycles. The van der Waals surface area contributed by atoms with E-state index in [4.69, 9.17) is 10.00 Å². The Morgan fingerprint density at radius 3 is 2.58 bits per heavy atom. The number of ether oxygens (including phenoxy) is 1. The number of rotatable bonds is 7. The maximum atomic E-state index is 13.3. The molecule has 0 aliphatic heterocycles. The highest BCUT2D eigenvalue weighted by molar-refractivity contribution is 5.90. The molecule has 36 heavy (non-hydrogen) atoms. The normalized spacial score (nSPS) is 11.3. The minimum atomic E-state index is -4.68. The summed E-state index contributed by atoms with van der Waals surface area (Å²) in [6, 6.07) is 3.73. The van der Waals surface area contributed by atoms with Crippen LogP contribution in [0, 0.1) is 25.2 Å². The topological polar surface area (TPSA) is 131 Å². The van der Waals surface area contributed by atoms with Crippen molar-refractivity contribution < 1.29 is 31.5 Å². The first-order valence-corrected chi connectivity index (χ1v) is 10.2. The van der Waals surface area contributed by atoms with Crippen molar-refractivity contribution >= 4 is 11.7 Å². The van der Waals surface area contributed by atoms with Gasteiger partial charge in [0.1, 0.15) is 11.8 Å². The Kier molecular flexibility index (Phi) is 7.66. The first-order chi connectivity index (χ1) is 16.9. The van der Waals surface area contributed by atoms with Crippen molar-refractivity contribution in [2.75, 3.05) is 11.9 Å². The van der Waals surface area contributed by atoms with E-state index in [0.717, 1.165) is 4.68 Å². The third-order valence-corrected chi connectivity index (χ3v) is 4.75. The van der Waals surface area contributed by atoms with Crippen molar-refractivity contribution in [3.8, 4) is 23.2 Å². The first kappa shape index (κ1) is 26.3. The van der Waals surface area contributed by atoms with Crippen molar-refractivity contribution in [3.63, 3.8) is 0 Å². The van der Waals surface area contributed by atoms with Gasteiger partial charge < -0.3 is 15.4 Å². The van der Waals surface area contributed by atoms with Crippen LogP contribution in [0.25, 0.3) is 11.3 Å². The summed E-state index contributed by atoms with van der Waals surface area (Å²) in [6.45, 7) is 1.94. The van der Waals surface area contributed by atoms with Gasteiger partial charge in [-0.05, 0) is 31.5 Å². The summed E-state index contributed by atoms with van der Waals surface area (Å²) >= 11 is 0. The highest BCUT2D eigenvalue weighted by Crippen LogP contribution is 2.36. The number of alkyl halides is 5. The number of nitrogens with one attached hydrogen (secondary N) is 2. The number of amides is 2. The summed E-state index contributed by atoms with van der Waals surface area (Å²) in [6.07, 6.45) is -6.24. The van der Waals surface area contributed by atoms with Crippen LogP contribution in [-0.4, -0.2) is 44.0 Å². The van der Waals surface area contributed by atoms with Gasteiger partial charge in [-0.2, -0.15) is 28.6 Å². The molecule has 0 radical (unpaired) electrons. The van der Waals surface area contributed by atoms with Crippen LogP contribution in [0.15, 0.2) is 18.3 Å². The molecular weight excluding hydrogens is 491 g/mol. The maximum absolute atomic E-state index is 13.3. The first-order valence-electron chi connectivity index (χ1n) is 10.2. The van der Waals surface area contributed by atoms with Crippen molar-refractivity contribution in [2.24, 2.45) is 7.05 Å². The SMILES string of the molecule is Cc1cc(CNC(=O)Nc2cc(C#N)nc(OCC(F)F)c2C)nnc1-c1cn(C)nc1C(F)(F)F. The fourth-order valence-electron chi connectivity index (χ4n) is 3.16. The molecule has 0 bridgehead atoms. The van der Waals surface area contributed by atoms with Crippen LogP contribution in [0.3, 0.4) is 0 Å². The van der Waals surface area contributed by atoms with Crippen molar-refractivity contribution in [3.05, 3.63) is 46.5 Å². The summed E-state index contributed by atoms with van der Waals surface area (Å²) < 4.78 is 70.7. The second-order valence-corrected chi connectivity index (χ2v) is 7.54. The van der Waals surface area contributed by atoms with Crippen LogP contribution in [0.2, 0.25) is 0 Å². The number of carbonyl (C=O) groups excluding carboxylic acids is 1. The van der Waals surface area contributed by atoms with E-state index in [1.54, 1.807) is 13.0 Å². The number of carbonyl (C=O) groups is 1. The molecular formula is C21H19F5N8O2. The van der Waals surface area contributed by atoms with Crippen LogP contribution in [0.4, 0.5) is 32.4 Å². The van der Waals surface area contributed by atoms with Gasteiger partial charge >= 0.3 is 12.2 Å². The Labute approximate surface area is 201 Å². The number of hydrogen-bond donors (Lipinski definition) is 2. The lowest BCUT2D eigenvalue weighted by atomic mass is 10.1. The quantitative estimate of drug-likeness (QED) is 0.463. The van der Waals surface area contributed by atoms with Crippen LogP contribution in [-0.2, 0) is 19.8 Å². The number of anilines is 1. The summed E-state index contributed by atoms with van der Waals surface area (Å²) in [5, 5.41) is 25.3. The molecule has 3 aromatic heterocycles. The van der Waals surface area contributed by atoms with Gasteiger partial charge in [-0.25, -0.2) is 18.6 Å². The third kappa shape index (κ3) is 6.20. The second-order valence-electron chi connectivity index (χ2n) is 7.54. The summed E-state index contributed by atoms with van der Waals surface area (Å²) in [4.78, 5) is 16.2. The average molecular weight is 510 g/mol. The zero-order valence-electron chi connectivity index (χ0n) is 19.1. The van der Waals surface area contributed by atoms with Crippen molar-refractivity contribution in [1.29, 1.82) is 5.26 Å². The largest absolute Gasteiger partial charge is 0.471 e. The molecule has 2 amide bonds. The number of aromatic nitrogens is 5. The molecule has 15 heteroatoms. The molecule has 0 atom stereocenters. The number of nitriles is 1. The molecule has 0 saturated heterocycles. The van der Waals surface area contributed by atoms with Crippen molar-refractivity contribution in [2.45, 2.75) is 33.0 Å². The van der Waals surface area contributed by atoms with Crippen LogP contribution < -0.4 is 15.4 Å². The monoisotopic (exact) mass is 510 g/mol. The molecule has 3 aromatic rings. The van der Waals surface area contributed by atoms with Crippen LogP contribution in [0.1, 0.15) is 28.2 Å². The van der Waals surface area contributed by atoms with Crippen molar-refractivity contribution in [1.82, 2.24) is 30.3 Å². The molecule has 3 rings (SSSR count). The predicted molar refractivity (Wildman–Crippen MR) is 115 cm³/mol. The smallest absolute Gasteiger partial charge is 0.435 e. The summed E-state index contributed by atoms with van der Waals surface area (Å²) in [7, 11) is 1.36. The Balaban J connectivity index is 1.72. The zero-order chi connectivity index (χ0) is 26.6. The molecule has 0 unspecified atom stereocenters. The number of urea groups is 1. The van der Waals surface area contributed by atoms with E-state index in [1.165, 1.54) is 32.3 Å². The van der Waals surface area contributed by atoms with Gasteiger partial charge in [-0.1, -0.05) is 0 Å². The number of halogens is 5. The molecule has 0 fully saturated rings. The molecule has 0 aromatic carbocycles. The van der Waals surface area contributed by atoms with Gasteiger partial charge in [0.25, 0.3) is 6.43 Å². The lowest BCUT2D eigenvalue weighted by Gasteiger charge is -2.14. The van der Waals surface area contributed by atoms with Crippen LogP contribution in [0.5, 0.6) is 5.88 Å². The molecule has 0 aliphatic carbocycles. The number of pyridine rings is 1. The summed E-state index contributed by atoms with van der Waals surface area (Å²) in [5.41, 5.74) is -0.507. The predicted octanol–water partition coefficient (Wildman–Crippen LogP) is 3.75. The Morgan fingerprint density at radius 1 is 1.25 bits per heavy atom. The fraction of sp³-hybridized carbons (Fsp3) is 0.333. The van der Waals surface area contributed by atoms with E-state index in [2.05, 4.69) is 30.9 Å². The second kappa shape index (κ2) is 10.5. The highest BCUT2D eigenvalue weighted by atomic mass is 19.4. The van der Waals surface area contributed by atoms with E-state index in [9.17, 15) is 26.7 Å². The van der Waals surface area contributed by atoms with Gasteiger partial charge in [0, 0.05) is 18.8 Å². The third-order valence-electron chi connectivity index (χ3n) is 4.75. The van der Waals surface area contributed by atoms with E-state index >= 15 is 0 Å². The lowest BCUT2D eigenvalue weighted by Crippen LogP contribution is -2.29. The number of aryl methyl sites for hydroxylation is 2. The van der Waals surface area contributed by atoms with E-state index in [-0.39, 0.29) is 46.3 Å². The maximum Gasteiger partial charge on any atom is 0.435 e. The average Bonchev–Trinajstić information content (AvgIpc) is 3.20. The van der Waals surface area contributed by atoms with E-state index in [0.29, 0.717) is 5.56 Å². The summed E-state index contributed by atoms with van der Waals surface area (Å²) in [5.74, 6) is -0.227. The minimum Gasteiger partial charge on any atom is -0.471 e. The standard InChI is InChI=1S/C21H19F5N8O2/c1-10-4-13(31-32-17(10)14-8-34(3)33-18(14)21(24,25)26)7-28-20(35)30-15-5-12(6-27)29-19(11(15)2)36-9-16(22)23/h4-5,8,16H,7,9H2,1-3H3,(H2,28,29,30,35). The zero-order valence-corrected chi connectivity index (χ0v) is 19.1. The van der Waals surface area contributed by atoms with Crippen LogP contribution >= 0.6 is 0 Å². The minimum absolute atomic E-state index is 0.00334. The molecule has 0 saturated carbocycles. The van der Waals surface area contributed by atoms with Gasteiger partial charge in [0.2, 0.25) is 5.88 Å². The van der Waals surface area contributed by atoms with Gasteiger partial charge in [0.05, 0.1) is 29.2 Å². The van der Waals surface area contributed by atoms with Gasteiger partial charge in [0.15, 0.2) is 12.3 Å². The fourth-order valence-corrected chi connectivity index (χ4v) is 3.16. The van der Waals surface area contributed by atoms with E-state index < -0.39 is 30.9 Å². The molecule has 190 valence electrons. The number of nitrogens with zero attached hydrogens (tertiary/aromatic N) is 6. The molecule has 0 aliphatic rings. The highest BCUT2D eigenvalue weighted by Gasteiger charge is 2.38. The molecule has 0 spiro atoms. The molecule has 10 nitrogen and oxygen atoms in total.